The highest BCUT2D eigenvalue weighted by Gasteiger charge is 2.28. The fraction of sp³-hybridized carbons (Fsp3) is 0.250. The lowest BCUT2D eigenvalue weighted by Crippen LogP contribution is -2.28. The van der Waals surface area contributed by atoms with Gasteiger partial charge in [-0.25, -0.2) is 0 Å². The zero-order valence-corrected chi connectivity index (χ0v) is 14.5. The summed E-state index contributed by atoms with van der Waals surface area (Å²) in [6.07, 6.45) is 0.892. The second kappa shape index (κ2) is 8.11. The molecule has 0 heterocycles. The molecule has 1 atom stereocenters. The maximum absolute atomic E-state index is 12.5. The van der Waals surface area contributed by atoms with Crippen LogP contribution in [-0.2, 0) is 11.2 Å². The lowest BCUT2D eigenvalue weighted by molar-refractivity contribution is -0.117. The van der Waals surface area contributed by atoms with E-state index in [1.54, 1.807) is 36.4 Å². The number of Topliss-reactive ketones (excluding diaryl/α,β-unsaturated/α-hetero) is 1. The Morgan fingerprint density at radius 2 is 1.88 bits per heavy atom. The van der Waals surface area contributed by atoms with Crippen LogP contribution in [0, 0.1) is 24.2 Å². The number of ketones is 1. The molecule has 0 aliphatic rings. The minimum Gasteiger partial charge on any atom is -0.496 e. The van der Waals surface area contributed by atoms with Crippen LogP contribution in [0.4, 0.5) is 5.69 Å². The Hall–Kier alpha value is -3.13. The Labute approximate surface area is 147 Å². The van der Waals surface area contributed by atoms with Crippen LogP contribution in [0.1, 0.15) is 28.4 Å². The molecule has 1 unspecified atom stereocenters. The molecule has 2 rings (SSSR count). The third kappa shape index (κ3) is 4.24. The number of nitrogens with one attached hydrogen (secondary N) is 1. The Morgan fingerprint density at radius 1 is 1.20 bits per heavy atom. The highest BCUT2D eigenvalue weighted by Crippen LogP contribution is 2.21. The average Bonchev–Trinajstić information content (AvgIpc) is 2.63. The topological polar surface area (TPSA) is 79.2 Å². The first-order chi connectivity index (χ1) is 12.0. The van der Waals surface area contributed by atoms with Gasteiger partial charge in [0.2, 0.25) is 5.91 Å². The van der Waals surface area contributed by atoms with E-state index in [1.165, 1.54) is 7.11 Å². The van der Waals surface area contributed by atoms with Gasteiger partial charge in [-0.05, 0) is 42.7 Å². The summed E-state index contributed by atoms with van der Waals surface area (Å²) in [4.78, 5) is 24.9. The SMILES string of the molecule is CCc1ccc(NC(=O)C(C#N)C(=O)c2ccc(C)c(OC)c2)cc1. The number of aryl methyl sites for hydroxylation is 2. The third-order valence-corrected chi connectivity index (χ3v) is 3.98. The van der Waals surface area contributed by atoms with E-state index in [0.717, 1.165) is 17.5 Å². The molecule has 0 bridgehead atoms. The molecule has 2 aromatic rings. The van der Waals surface area contributed by atoms with E-state index in [-0.39, 0.29) is 5.56 Å². The minimum atomic E-state index is -1.42. The van der Waals surface area contributed by atoms with Gasteiger partial charge in [0, 0.05) is 11.3 Å². The van der Waals surface area contributed by atoms with Gasteiger partial charge in [0.1, 0.15) is 5.75 Å². The zero-order chi connectivity index (χ0) is 18.4. The largest absolute Gasteiger partial charge is 0.496 e. The highest BCUT2D eigenvalue weighted by atomic mass is 16.5. The first-order valence-corrected chi connectivity index (χ1v) is 7.98. The standard InChI is InChI=1S/C20H20N2O3/c1-4-14-6-9-16(10-7-14)22-20(24)17(12-21)19(23)15-8-5-13(2)18(11-15)25-3/h5-11,17H,4H2,1-3H3,(H,22,24). The van der Waals surface area contributed by atoms with E-state index < -0.39 is 17.6 Å². The van der Waals surface area contributed by atoms with Gasteiger partial charge in [0.25, 0.3) is 0 Å². The molecular weight excluding hydrogens is 316 g/mol. The van der Waals surface area contributed by atoms with Crippen molar-refractivity contribution < 1.29 is 14.3 Å². The number of benzene rings is 2. The van der Waals surface area contributed by atoms with Crippen LogP contribution in [0.5, 0.6) is 5.75 Å². The van der Waals surface area contributed by atoms with Crippen LogP contribution in [0.3, 0.4) is 0 Å². The first kappa shape index (κ1) is 18.2. The number of nitriles is 1. The fourth-order valence-corrected chi connectivity index (χ4v) is 2.41. The van der Waals surface area contributed by atoms with E-state index in [9.17, 15) is 14.9 Å². The summed E-state index contributed by atoms with van der Waals surface area (Å²) in [6, 6.07) is 13.9. The Balaban J connectivity index is 2.18. The van der Waals surface area contributed by atoms with E-state index in [1.807, 2.05) is 26.0 Å². The molecule has 128 valence electrons. The summed E-state index contributed by atoms with van der Waals surface area (Å²) in [5.74, 6) is -2.07. The van der Waals surface area contributed by atoms with Gasteiger partial charge in [0.05, 0.1) is 13.2 Å². The van der Waals surface area contributed by atoms with Crippen molar-refractivity contribution >= 4 is 17.4 Å². The average molecular weight is 336 g/mol. The lowest BCUT2D eigenvalue weighted by Gasteiger charge is -2.11. The number of amides is 1. The molecule has 0 saturated heterocycles. The molecule has 25 heavy (non-hydrogen) atoms. The first-order valence-electron chi connectivity index (χ1n) is 7.98. The summed E-state index contributed by atoms with van der Waals surface area (Å²) in [5.41, 5.74) is 2.83. The van der Waals surface area contributed by atoms with E-state index in [4.69, 9.17) is 4.74 Å². The van der Waals surface area contributed by atoms with Crippen LogP contribution in [0.25, 0.3) is 0 Å². The number of nitrogens with zero attached hydrogens (tertiary/aromatic N) is 1. The highest BCUT2D eigenvalue weighted by molar-refractivity contribution is 6.15. The van der Waals surface area contributed by atoms with Gasteiger partial charge in [-0.1, -0.05) is 31.2 Å². The van der Waals surface area contributed by atoms with Crippen LogP contribution >= 0.6 is 0 Å². The maximum atomic E-state index is 12.5. The summed E-state index contributed by atoms with van der Waals surface area (Å²) in [5, 5.41) is 11.9. The number of hydrogen-bond acceptors (Lipinski definition) is 4. The van der Waals surface area contributed by atoms with Crippen LogP contribution < -0.4 is 10.1 Å². The lowest BCUT2D eigenvalue weighted by atomic mass is 9.96. The van der Waals surface area contributed by atoms with Gasteiger partial charge in [-0.3, -0.25) is 9.59 Å². The van der Waals surface area contributed by atoms with E-state index in [0.29, 0.717) is 11.4 Å². The molecule has 5 heteroatoms. The van der Waals surface area contributed by atoms with Gasteiger partial charge >= 0.3 is 0 Å². The van der Waals surface area contributed by atoms with Crippen LogP contribution in [0.15, 0.2) is 42.5 Å². The van der Waals surface area contributed by atoms with Crippen molar-refractivity contribution in [3.05, 3.63) is 59.2 Å². The number of hydrogen-bond donors (Lipinski definition) is 1. The molecule has 0 spiro atoms. The third-order valence-electron chi connectivity index (χ3n) is 3.98. The molecule has 1 N–H and O–H groups in total. The van der Waals surface area contributed by atoms with E-state index in [2.05, 4.69) is 5.32 Å². The number of anilines is 1. The second-order valence-electron chi connectivity index (χ2n) is 5.65. The Kier molecular flexibility index (Phi) is 5.91. The van der Waals surface area contributed by atoms with E-state index >= 15 is 0 Å². The summed E-state index contributed by atoms with van der Waals surface area (Å²) >= 11 is 0. The van der Waals surface area contributed by atoms with Gasteiger partial charge in [0.15, 0.2) is 11.7 Å². The van der Waals surface area contributed by atoms with Crippen molar-refractivity contribution in [2.45, 2.75) is 20.3 Å². The van der Waals surface area contributed by atoms with Crippen molar-refractivity contribution in [2.75, 3.05) is 12.4 Å². The Morgan fingerprint density at radius 3 is 2.44 bits per heavy atom. The second-order valence-corrected chi connectivity index (χ2v) is 5.65. The van der Waals surface area contributed by atoms with Crippen LogP contribution in [0.2, 0.25) is 0 Å². The molecule has 0 saturated carbocycles. The number of ether oxygens (including phenoxy) is 1. The molecule has 0 aromatic heterocycles. The van der Waals surface area contributed by atoms with Crippen molar-refractivity contribution in [1.29, 1.82) is 5.26 Å². The van der Waals surface area contributed by atoms with Crippen molar-refractivity contribution in [3.8, 4) is 11.8 Å². The normalized spacial score (nSPS) is 11.3. The summed E-state index contributed by atoms with van der Waals surface area (Å²) in [7, 11) is 1.50. The molecule has 0 aliphatic carbocycles. The number of methoxy groups -OCH3 is 1. The molecule has 2 aromatic carbocycles. The predicted molar refractivity (Wildman–Crippen MR) is 95.6 cm³/mol. The monoisotopic (exact) mass is 336 g/mol. The van der Waals surface area contributed by atoms with Crippen molar-refractivity contribution in [2.24, 2.45) is 5.92 Å². The van der Waals surface area contributed by atoms with Crippen molar-refractivity contribution in [3.63, 3.8) is 0 Å². The fourth-order valence-electron chi connectivity index (χ4n) is 2.41. The molecular formula is C20H20N2O3. The summed E-state index contributed by atoms with van der Waals surface area (Å²) in [6.45, 7) is 3.88. The Bertz CT molecular complexity index is 820. The quantitative estimate of drug-likeness (QED) is 0.646. The molecule has 0 fully saturated rings. The molecule has 0 radical (unpaired) electrons. The maximum Gasteiger partial charge on any atom is 0.249 e. The number of rotatable bonds is 6. The van der Waals surface area contributed by atoms with Gasteiger partial charge < -0.3 is 10.1 Å². The smallest absolute Gasteiger partial charge is 0.249 e. The van der Waals surface area contributed by atoms with Gasteiger partial charge in [-0.2, -0.15) is 5.26 Å². The summed E-state index contributed by atoms with van der Waals surface area (Å²) < 4.78 is 5.19. The molecule has 5 nitrogen and oxygen atoms in total. The molecule has 1 amide bonds. The number of carbonyl (C=O) groups is 2. The van der Waals surface area contributed by atoms with Crippen molar-refractivity contribution in [1.82, 2.24) is 0 Å². The van der Waals surface area contributed by atoms with Crippen LogP contribution in [-0.4, -0.2) is 18.8 Å². The zero-order valence-electron chi connectivity index (χ0n) is 14.5. The minimum absolute atomic E-state index is 0.269. The predicted octanol–water partition coefficient (Wildman–Crippen LogP) is 3.53. The molecule has 0 aliphatic heterocycles. The van der Waals surface area contributed by atoms with Gasteiger partial charge in [-0.15, -0.1) is 0 Å². The number of carbonyl (C=O) groups excluding carboxylic acids is 2.